The number of H-pyrrole nitrogens is 1. The fraction of sp³-hybridized carbons (Fsp3) is 0.467. The molecule has 1 saturated carbocycles. The zero-order valence-electron chi connectivity index (χ0n) is 11.3. The second-order valence-electron chi connectivity index (χ2n) is 6.52. The quantitative estimate of drug-likeness (QED) is 0.820. The Labute approximate surface area is 125 Å². The molecule has 106 valence electrons. The third-order valence-corrected chi connectivity index (χ3v) is 6.03. The summed E-state index contributed by atoms with van der Waals surface area (Å²) in [6.07, 6.45) is 4.10. The van der Waals surface area contributed by atoms with E-state index in [1.165, 1.54) is 5.56 Å². The second kappa shape index (κ2) is 3.71. The molecule has 1 spiro atoms. The van der Waals surface area contributed by atoms with Crippen molar-refractivity contribution in [1.82, 2.24) is 15.4 Å². The minimum absolute atomic E-state index is 0.0957. The van der Waals surface area contributed by atoms with Crippen LogP contribution in [0.25, 0.3) is 16.6 Å². The van der Waals surface area contributed by atoms with Gasteiger partial charge in [0, 0.05) is 5.41 Å². The first-order valence-corrected chi connectivity index (χ1v) is 7.67. The van der Waals surface area contributed by atoms with Gasteiger partial charge in [-0.15, -0.1) is 0 Å². The van der Waals surface area contributed by atoms with Gasteiger partial charge >= 0.3 is 0 Å². The van der Waals surface area contributed by atoms with Crippen LogP contribution >= 0.6 is 11.6 Å². The van der Waals surface area contributed by atoms with Crippen molar-refractivity contribution in [3.8, 4) is 0 Å². The molecule has 1 fully saturated rings. The lowest BCUT2D eigenvalue weighted by Gasteiger charge is -2.33. The van der Waals surface area contributed by atoms with Crippen LogP contribution in [0.15, 0.2) is 22.3 Å². The van der Waals surface area contributed by atoms with Crippen LogP contribution in [0.1, 0.15) is 30.4 Å². The van der Waals surface area contributed by atoms with E-state index in [2.05, 4.69) is 26.7 Å². The number of hydrogen-bond acceptors (Lipinski definition) is 4. The Hall–Kier alpha value is -1.75. The van der Waals surface area contributed by atoms with E-state index in [-0.39, 0.29) is 11.5 Å². The van der Waals surface area contributed by atoms with Crippen LogP contribution in [0.3, 0.4) is 0 Å². The molecule has 1 unspecified atom stereocenters. The monoisotopic (exact) mass is 300 g/mol. The zero-order chi connectivity index (χ0) is 14.2. The molecule has 3 aliphatic rings. The van der Waals surface area contributed by atoms with Gasteiger partial charge in [0.1, 0.15) is 17.1 Å². The van der Waals surface area contributed by atoms with Crippen LogP contribution in [0, 0.1) is 16.2 Å². The summed E-state index contributed by atoms with van der Waals surface area (Å²) in [7, 11) is 0. The summed E-state index contributed by atoms with van der Waals surface area (Å²) in [5.74, 6) is 0.306. The van der Waals surface area contributed by atoms with E-state index in [0.717, 1.165) is 47.9 Å². The number of fused-ring (bicyclic) bond motifs is 5. The van der Waals surface area contributed by atoms with Crippen molar-refractivity contribution in [3.63, 3.8) is 0 Å². The van der Waals surface area contributed by atoms with Crippen LogP contribution in [0.2, 0.25) is 0 Å². The van der Waals surface area contributed by atoms with Crippen LogP contribution in [-0.2, 0) is 6.42 Å². The molecular formula is C15H13ClN4O. The van der Waals surface area contributed by atoms with Crippen LogP contribution in [0.5, 0.6) is 0 Å². The minimum atomic E-state index is -0.365. The van der Waals surface area contributed by atoms with Gasteiger partial charge in [-0.25, -0.2) is 0 Å². The summed E-state index contributed by atoms with van der Waals surface area (Å²) >= 11 is 6.60. The molecule has 0 amide bonds. The van der Waals surface area contributed by atoms with Gasteiger partial charge in [-0.1, -0.05) is 22.8 Å². The van der Waals surface area contributed by atoms with Crippen LogP contribution < -0.4 is 0 Å². The standard InChI is InChI=1S/C15H13ClN4O/c16-12-11-8-1-2-10-14(18-20-17-10)9(8)6-15(11)4-3-7(5-15)13(12)19-21/h1-2,7,13H,3-6H2,(H,17,18,20)/t7-,13?,15+/m1/s1. The lowest BCUT2D eigenvalue weighted by atomic mass is 9.73. The summed E-state index contributed by atoms with van der Waals surface area (Å²) in [5, 5.41) is 15.2. The highest BCUT2D eigenvalue weighted by molar-refractivity contribution is 6.34. The van der Waals surface area contributed by atoms with Gasteiger partial charge in [0.15, 0.2) is 0 Å². The van der Waals surface area contributed by atoms with Crippen molar-refractivity contribution < 1.29 is 0 Å². The van der Waals surface area contributed by atoms with E-state index in [0.29, 0.717) is 11.0 Å². The van der Waals surface area contributed by atoms with E-state index in [4.69, 9.17) is 11.6 Å². The third kappa shape index (κ3) is 1.28. The summed E-state index contributed by atoms with van der Waals surface area (Å²) in [6, 6.07) is 3.68. The summed E-state index contributed by atoms with van der Waals surface area (Å²) in [4.78, 5) is 11.2. The molecule has 2 aromatic rings. The fourth-order valence-corrected chi connectivity index (χ4v) is 5.31. The average molecular weight is 301 g/mol. The van der Waals surface area contributed by atoms with Crippen molar-refractivity contribution in [3.05, 3.63) is 33.2 Å². The highest BCUT2D eigenvalue weighted by Crippen LogP contribution is 2.64. The van der Waals surface area contributed by atoms with Gasteiger partial charge in [0.25, 0.3) is 0 Å². The second-order valence-corrected chi connectivity index (χ2v) is 6.92. The maximum atomic E-state index is 11.2. The van der Waals surface area contributed by atoms with Gasteiger partial charge in [0.05, 0.1) is 5.03 Å². The number of nitrogens with one attached hydrogen (secondary N) is 1. The van der Waals surface area contributed by atoms with Crippen LogP contribution in [0.4, 0.5) is 0 Å². The molecule has 21 heavy (non-hydrogen) atoms. The van der Waals surface area contributed by atoms with Gasteiger partial charge in [-0.3, -0.25) is 0 Å². The fourth-order valence-electron chi connectivity index (χ4n) is 4.79. The Kier molecular flexibility index (Phi) is 2.10. The highest BCUT2D eigenvalue weighted by atomic mass is 35.5. The number of hydrogen-bond donors (Lipinski definition) is 1. The number of rotatable bonds is 1. The first-order valence-electron chi connectivity index (χ1n) is 7.29. The Morgan fingerprint density at radius 2 is 2.29 bits per heavy atom. The zero-order valence-corrected chi connectivity index (χ0v) is 12.0. The van der Waals surface area contributed by atoms with E-state index in [9.17, 15) is 4.91 Å². The molecule has 0 saturated heterocycles. The van der Waals surface area contributed by atoms with Gasteiger partial charge in [-0.05, 0) is 54.4 Å². The van der Waals surface area contributed by atoms with Gasteiger partial charge in [-0.2, -0.15) is 20.3 Å². The number of nitrogens with zero attached hydrogens (tertiary/aromatic N) is 3. The highest BCUT2D eigenvalue weighted by Gasteiger charge is 2.55. The molecule has 5 nitrogen and oxygen atoms in total. The normalized spacial score (nSPS) is 33.4. The Balaban J connectivity index is 1.84. The van der Waals surface area contributed by atoms with Crippen molar-refractivity contribution in [2.75, 3.05) is 0 Å². The number of halogens is 1. The summed E-state index contributed by atoms with van der Waals surface area (Å²) in [5.41, 5.74) is 5.45. The molecule has 0 aliphatic heterocycles. The first kappa shape index (κ1) is 11.9. The molecule has 3 atom stereocenters. The number of aromatic nitrogens is 3. The predicted octanol–water partition coefficient (Wildman–Crippen LogP) is 3.40. The molecule has 1 N–H and O–H groups in total. The molecule has 0 radical (unpaired) electrons. The van der Waals surface area contributed by atoms with Gasteiger partial charge in [0.2, 0.25) is 0 Å². The van der Waals surface area contributed by atoms with E-state index in [1.54, 1.807) is 0 Å². The first-order chi connectivity index (χ1) is 10.2. The van der Waals surface area contributed by atoms with E-state index < -0.39 is 0 Å². The Bertz CT molecular complexity index is 826. The maximum absolute atomic E-state index is 11.2. The minimum Gasteiger partial charge on any atom is -0.197 e. The molecule has 6 heteroatoms. The SMILES string of the molecule is O=NC1C(Cl)=C2c3ccc4n[nH]nc4c3C[C@@]23CC[C@@H]1C3. The average Bonchev–Trinajstić information content (AvgIpc) is 3.15. The largest absolute Gasteiger partial charge is 0.197 e. The third-order valence-electron chi connectivity index (χ3n) is 5.61. The molecular weight excluding hydrogens is 288 g/mol. The topological polar surface area (TPSA) is 71.0 Å². The maximum Gasteiger partial charge on any atom is 0.130 e. The Morgan fingerprint density at radius 3 is 3.14 bits per heavy atom. The summed E-state index contributed by atoms with van der Waals surface area (Å²) in [6.45, 7) is 0. The lowest BCUT2D eigenvalue weighted by molar-refractivity contribution is 0.367. The molecule has 1 aromatic heterocycles. The molecule has 3 aliphatic carbocycles. The number of nitroso groups, excluding NO2 is 1. The summed E-state index contributed by atoms with van der Waals surface area (Å²) < 4.78 is 0. The smallest absolute Gasteiger partial charge is 0.130 e. The van der Waals surface area contributed by atoms with Crippen LogP contribution in [-0.4, -0.2) is 21.5 Å². The number of benzene rings is 1. The van der Waals surface area contributed by atoms with E-state index >= 15 is 0 Å². The molecule has 5 rings (SSSR count). The van der Waals surface area contributed by atoms with Crippen molar-refractivity contribution >= 4 is 28.2 Å². The predicted molar refractivity (Wildman–Crippen MR) is 79.7 cm³/mol. The lowest BCUT2D eigenvalue weighted by Crippen LogP contribution is -2.28. The number of aromatic amines is 1. The van der Waals surface area contributed by atoms with Crippen molar-refractivity contribution in [2.24, 2.45) is 16.5 Å². The van der Waals surface area contributed by atoms with Gasteiger partial charge < -0.3 is 0 Å². The molecule has 2 bridgehead atoms. The molecule has 1 heterocycles. The Morgan fingerprint density at radius 1 is 1.38 bits per heavy atom. The van der Waals surface area contributed by atoms with Crippen molar-refractivity contribution in [1.29, 1.82) is 0 Å². The number of allylic oxidation sites excluding steroid dienone is 1. The van der Waals surface area contributed by atoms with Crippen molar-refractivity contribution in [2.45, 2.75) is 31.7 Å². The molecule has 1 aromatic carbocycles. The van der Waals surface area contributed by atoms with E-state index in [1.807, 2.05) is 6.07 Å².